The van der Waals surface area contributed by atoms with Crippen LogP contribution in [0.1, 0.15) is 32.6 Å². The van der Waals surface area contributed by atoms with E-state index in [4.69, 9.17) is 27.9 Å². The van der Waals surface area contributed by atoms with E-state index in [9.17, 15) is 4.79 Å². The summed E-state index contributed by atoms with van der Waals surface area (Å²) in [6, 6.07) is 0. The quantitative estimate of drug-likeness (QED) is 0.367. The SMILES string of the molecule is CC1CCC/C=C/CC(Cl)(Cl)C(=O)O1. The van der Waals surface area contributed by atoms with Gasteiger partial charge < -0.3 is 4.74 Å². The Hall–Kier alpha value is -0.210. The molecule has 1 rings (SSSR count). The molecular weight excluding hydrogens is 223 g/mol. The van der Waals surface area contributed by atoms with Crippen molar-refractivity contribution in [1.82, 2.24) is 0 Å². The maximum atomic E-state index is 11.4. The first-order valence-corrected chi connectivity index (χ1v) is 5.52. The maximum absolute atomic E-state index is 11.4. The third-order valence-electron chi connectivity index (χ3n) is 2.13. The molecule has 0 N–H and O–H groups in total. The predicted octanol–water partition coefficient (Wildman–Crippen LogP) is 3.22. The lowest BCUT2D eigenvalue weighted by Crippen LogP contribution is -2.31. The van der Waals surface area contributed by atoms with Gasteiger partial charge in [0, 0.05) is 6.42 Å². The summed E-state index contributed by atoms with van der Waals surface area (Å²) in [5.41, 5.74) is 0. The lowest BCUT2D eigenvalue weighted by molar-refractivity contribution is -0.149. The van der Waals surface area contributed by atoms with Crippen molar-refractivity contribution in [3.63, 3.8) is 0 Å². The van der Waals surface area contributed by atoms with Crippen LogP contribution in [0.5, 0.6) is 0 Å². The molecule has 0 bridgehead atoms. The molecule has 14 heavy (non-hydrogen) atoms. The Bertz CT molecular complexity index is 236. The van der Waals surface area contributed by atoms with Crippen LogP contribution in [-0.2, 0) is 9.53 Å². The van der Waals surface area contributed by atoms with Gasteiger partial charge >= 0.3 is 5.97 Å². The zero-order valence-corrected chi connectivity index (χ0v) is 9.64. The van der Waals surface area contributed by atoms with E-state index < -0.39 is 10.3 Å². The van der Waals surface area contributed by atoms with Gasteiger partial charge in [0.1, 0.15) is 0 Å². The van der Waals surface area contributed by atoms with Crippen molar-refractivity contribution in [3.05, 3.63) is 12.2 Å². The van der Waals surface area contributed by atoms with Crippen LogP contribution in [0.15, 0.2) is 12.2 Å². The highest BCUT2D eigenvalue weighted by molar-refractivity contribution is 6.57. The molecule has 1 unspecified atom stereocenters. The number of ether oxygens (including phenoxy) is 1. The molecule has 80 valence electrons. The minimum atomic E-state index is -1.43. The molecule has 0 saturated heterocycles. The lowest BCUT2D eigenvalue weighted by atomic mass is 10.1. The highest BCUT2D eigenvalue weighted by Crippen LogP contribution is 2.29. The number of carbonyl (C=O) groups is 1. The Kier molecular flexibility index (Phi) is 4.27. The summed E-state index contributed by atoms with van der Waals surface area (Å²) in [6.07, 6.45) is 6.88. The molecule has 4 heteroatoms. The Morgan fingerprint density at radius 1 is 1.50 bits per heavy atom. The first-order valence-electron chi connectivity index (χ1n) is 4.76. The molecular formula is C10H14Cl2O2. The molecule has 0 amide bonds. The zero-order valence-electron chi connectivity index (χ0n) is 8.13. The van der Waals surface area contributed by atoms with Crippen LogP contribution in [0.25, 0.3) is 0 Å². The van der Waals surface area contributed by atoms with Crippen LogP contribution in [0, 0.1) is 0 Å². The Morgan fingerprint density at radius 3 is 2.93 bits per heavy atom. The molecule has 1 aliphatic heterocycles. The highest BCUT2D eigenvalue weighted by Gasteiger charge is 2.35. The third-order valence-corrected chi connectivity index (χ3v) is 2.75. The van der Waals surface area contributed by atoms with E-state index in [-0.39, 0.29) is 6.10 Å². The van der Waals surface area contributed by atoms with Crippen molar-refractivity contribution in [3.8, 4) is 0 Å². The van der Waals surface area contributed by atoms with Crippen molar-refractivity contribution < 1.29 is 9.53 Å². The molecule has 1 atom stereocenters. The Balaban J connectivity index is 2.69. The number of esters is 1. The molecule has 1 heterocycles. The highest BCUT2D eigenvalue weighted by atomic mass is 35.5. The summed E-state index contributed by atoms with van der Waals surface area (Å²) in [5.74, 6) is -0.542. The Labute approximate surface area is 94.2 Å². The van der Waals surface area contributed by atoms with Gasteiger partial charge in [-0.15, -0.1) is 0 Å². The molecule has 0 saturated carbocycles. The van der Waals surface area contributed by atoms with Gasteiger partial charge in [-0.25, -0.2) is 4.79 Å². The number of rotatable bonds is 0. The van der Waals surface area contributed by atoms with Crippen molar-refractivity contribution in [2.24, 2.45) is 0 Å². The third kappa shape index (κ3) is 3.50. The van der Waals surface area contributed by atoms with Crippen molar-refractivity contribution in [2.45, 2.75) is 43.0 Å². The second kappa shape index (κ2) is 5.04. The van der Waals surface area contributed by atoms with Crippen LogP contribution in [0.4, 0.5) is 0 Å². The minimum absolute atomic E-state index is 0.106. The summed E-state index contributed by atoms with van der Waals surface area (Å²) in [4.78, 5) is 11.4. The number of cyclic esters (lactones) is 1. The first-order chi connectivity index (χ1) is 6.52. The molecule has 0 radical (unpaired) electrons. The van der Waals surface area contributed by atoms with Gasteiger partial charge in [0.05, 0.1) is 6.10 Å². The van der Waals surface area contributed by atoms with Crippen LogP contribution in [0.3, 0.4) is 0 Å². The smallest absolute Gasteiger partial charge is 0.343 e. The van der Waals surface area contributed by atoms with Gasteiger partial charge in [0.15, 0.2) is 0 Å². The van der Waals surface area contributed by atoms with Crippen LogP contribution in [0.2, 0.25) is 0 Å². The molecule has 0 aromatic carbocycles. The summed E-state index contributed by atoms with van der Waals surface area (Å²) < 4.78 is 3.68. The normalized spacial score (nSPS) is 30.5. The van der Waals surface area contributed by atoms with E-state index in [0.717, 1.165) is 19.3 Å². The minimum Gasteiger partial charge on any atom is -0.460 e. The second-order valence-corrected chi connectivity index (χ2v) is 5.01. The van der Waals surface area contributed by atoms with Crippen LogP contribution in [-0.4, -0.2) is 16.4 Å². The summed E-state index contributed by atoms with van der Waals surface area (Å²) in [5, 5.41) is 0. The van der Waals surface area contributed by atoms with Gasteiger partial charge in [-0.1, -0.05) is 35.4 Å². The average molecular weight is 237 g/mol. The zero-order chi connectivity index (χ0) is 10.6. The molecule has 0 aromatic heterocycles. The van der Waals surface area contributed by atoms with Gasteiger partial charge in [-0.05, 0) is 26.2 Å². The second-order valence-electron chi connectivity index (χ2n) is 3.53. The molecule has 0 fully saturated rings. The average Bonchev–Trinajstić information content (AvgIpc) is 2.09. The fourth-order valence-corrected chi connectivity index (χ4v) is 1.55. The van der Waals surface area contributed by atoms with Gasteiger partial charge in [-0.2, -0.15) is 0 Å². The van der Waals surface area contributed by atoms with Crippen molar-refractivity contribution >= 4 is 29.2 Å². The first kappa shape index (κ1) is 11.9. The maximum Gasteiger partial charge on any atom is 0.343 e. The Morgan fingerprint density at radius 2 is 2.21 bits per heavy atom. The van der Waals surface area contributed by atoms with E-state index in [1.807, 2.05) is 19.1 Å². The number of carbonyl (C=O) groups excluding carboxylic acids is 1. The van der Waals surface area contributed by atoms with E-state index in [2.05, 4.69) is 0 Å². The summed E-state index contributed by atoms with van der Waals surface area (Å²) in [6.45, 7) is 1.85. The van der Waals surface area contributed by atoms with Gasteiger partial charge in [0.25, 0.3) is 0 Å². The molecule has 0 aromatic rings. The van der Waals surface area contributed by atoms with Crippen LogP contribution < -0.4 is 0 Å². The number of allylic oxidation sites excluding steroid dienone is 2. The monoisotopic (exact) mass is 236 g/mol. The lowest BCUT2D eigenvalue weighted by Gasteiger charge is -2.21. The number of hydrogen-bond acceptors (Lipinski definition) is 2. The predicted molar refractivity (Wildman–Crippen MR) is 57.6 cm³/mol. The fourth-order valence-electron chi connectivity index (χ4n) is 1.28. The van der Waals surface area contributed by atoms with E-state index in [0.29, 0.717) is 6.42 Å². The molecule has 2 nitrogen and oxygen atoms in total. The molecule has 0 spiro atoms. The van der Waals surface area contributed by atoms with E-state index in [1.54, 1.807) is 0 Å². The van der Waals surface area contributed by atoms with Gasteiger partial charge in [0.2, 0.25) is 4.33 Å². The molecule has 0 aliphatic carbocycles. The topological polar surface area (TPSA) is 26.3 Å². The van der Waals surface area contributed by atoms with Crippen molar-refractivity contribution in [1.29, 1.82) is 0 Å². The van der Waals surface area contributed by atoms with Gasteiger partial charge in [-0.3, -0.25) is 0 Å². The van der Waals surface area contributed by atoms with E-state index in [1.165, 1.54) is 0 Å². The summed E-state index contributed by atoms with van der Waals surface area (Å²) >= 11 is 11.7. The molecule has 1 aliphatic rings. The largest absolute Gasteiger partial charge is 0.460 e. The number of alkyl halides is 2. The van der Waals surface area contributed by atoms with E-state index >= 15 is 0 Å². The summed E-state index contributed by atoms with van der Waals surface area (Å²) in [7, 11) is 0. The van der Waals surface area contributed by atoms with Crippen molar-refractivity contribution in [2.75, 3.05) is 0 Å². The fraction of sp³-hybridized carbons (Fsp3) is 0.700. The standard InChI is InChI=1S/C10H14Cl2O2/c1-8-6-4-2-3-5-7-10(11,12)9(13)14-8/h3,5,8H,2,4,6-7H2,1H3/b5-3+. The number of halogens is 2. The van der Waals surface area contributed by atoms with Crippen LogP contribution >= 0.6 is 23.2 Å². The number of hydrogen-bond donors (Lipinski definition) is 0.